The average Bonchev–Trinajstić information content (AvgIpc) is 3.00. The van der Waals surface area contributed by atoms with Crippen molar-refractivity contribution in [2.75, 3.05) is 0 Å². The number of aromatic nitrogens is 3. The van der Waals surface area contributed by atoms with Gasteiger partial charge in [-0.1, -0.05) is 5.16 Å². The van der Waals surface area contributed by atoms with E-state index in [0.717, 1.165) is 5.56 Å². The van der Waals surface area contributed by atoms with E-state index in [-0.39, 0.29) is 5.56 Å². The molecule has 0 amide bonds. The number of benzene rings is 1. The molecule has 0 saturated carbocycles. The van der Waals surface area contributed by atoms with Gasteiger partial charge < -0.3 is 9.09 Å². The Balaban J connectivity index is 1.97. The quantitative estimate of drug-likeness (QED) is 0.715. The normalized spacial score (nSPS) is 10.3. The molecule has 0 N–H and O–H groups in total. The Kier molecular flexibility index (Phi) is 3.09. The van der Waals surface area contributed by atoms with Crippen LogP contribution in [-0.4, -0.2) is 14.7 Å². The molecule has 6 heteroatoms. The minimum atomic E-state index is -0.102. The molecule has 3 aromatic rings. The van der Waals surface area contributed by atoms with Crippen LogP contribution < -0.4 is 5.56 Å². The van der Waals surface area contributed by atoms with Crippen molar-refractivity contribution in [3.05, 3.63) is 58.5 Å². The molecule has 0 bridgehead atoms. The first kappa shape index (κ1) is 12.8. The molecule has 102 valence electrons. The van der Waals surface area contributed by atoms with Crippen LogP contribution in [0.25, 0.3) is 22.8 Å². The van der Waals surface area contributed by atoms with Crippen molar-refractivity contribution < 1.29 is 4.52 Å². The summed E-state index contributed by atoms with van der Waals surface area (Å²) in [5, 5.41) is 12.7. The van der Waals surface area contributed by atoms with Gasteiger partial charge in [0.15, 0.2) is 0 Å². The van der Waals surface area contributed by atoms with Gasteiger partial charge in [-0.05, 0) is 30.3 Å². The first-order chi connectivity index (χ1) is 10.2. The Bertz CT molecular complexity index is 885. The van der Waals surface area contributed by atoms with E-state index in [9.17, 15) is 4.79 Å². The second-order valence-electron chi connectivity index (χ2n) is 4.48. The Morgan fingerprint density at radius 3 is 2.52 bits per heavy atom. The molecule has 0 unspecified atom stereocenters. The van der Waals surface area contributed by atoms with E-state index in [1.807, 2.05) is 6.07 Å². The summed E-state index contributed by atoms with van der Waals surface area (Å²) in [4.78, 5) is 15.7. The third-order valence-corrected chi connectivity index (χ3v) is 3.03. The molecule has 0 aliphatic carbocycles. The topological polar surface area (TPSA) is 84.7 Å². The third-order valence-electron chi connectivity index (χ3n) is 3.03. The molecule has 0 aliphatic heterocycles. The molecule has 0 fully saturated rings. The van der Waals surface area contributed by atoms with Crippen molar-refractivity contribution in [2.24, 2.45) is 7.05 Å². The zero-order valence-corrected chi connectivity index (χ0v) is 11.1. The van der Waals surface area contributed by atoms with Gasteiger partial charge in [0.2, 0.25) is 11.4 Å². The standard InChI is InChI=1S/C15H10N4O2/c1-19-9-12(6-7-13(19)20)14-17-15(21-18-14)11-4-2-10(8-16)3-5-11/h2-7,9H,1H3. The SMILES string of the molecule is Cn1cc(-c2noc(-c3ccc(C#N)cc3)n2)ccc1=O. The zero-order chi connectivity index (χ0) is 14.8. The molecular formula is C15H10N4O2. The van der Waals surface area contributed by atoms with E-state index < -0.39 is 0 Å². The largest absolute Gasteiger partial charge is 0.334 e. The summed E-state index contributed by atoms with van der Waals surface area (Å²) in [6, 6.07) is 12.0. The van der Waals surface area contributed by atoms with Gasteiger partial charge in [0, 0.05) is 30.4 Å². The molecule has 21 heavy (non-hydrogen) atoms. The third kappa shape index (κ3) is 2.44. The van der Waals surface area contributed by atoms with Crippen LogP contribution in [0.15, 0.2) is 51.9 Å². The molecule has 1 aromatic carbocycles. The number of rotatable bonds is 2. The lowest BCUT2D eigenvalue weighted by Gasteiger charge is -1.98. The lowest BCUT2D eigenvalue weighted by molar-refractivity contribution is 0.432. The van der Waals surface area contributed by atoms with Gasteiger partial charge in [-0.2, -0.15) is 10.2 Å². The molecule has 2 aromatic heterocycles. The zero-order valence-electron chi connectivity index (χ0n) is 11.1. The highest BCUT2D eigenvalue weighted by Crippen LogP contribution is 2.21. The highest BCUT2D eigenvalue weighted by molar-refractivity contribution is 5.59. The molecule has 0 saturated heterocycles. The summed E-state index contributed by atoms with van der Waals surface area (Å²) in [6.45, 7) is 0. The maximum absolute atomic E-state index is 11.4. The van der Waals surface area contributed by atoms with Crippen LogP contribution in [0.3, 0.4) is 0 Å². The van der Waals surface area contributed by atoms with E-state index in [4.69, 9.17) is 9.78 Å². The van der Waals surface area contributed by atoms with Crippen LogP contribution in [0, 0.1) is 11.3 Å². The number of hydrogen-bond donors (Lipinski definition) is 0. The fourth-order valence-corrected chi connectivity index (χ4v) is 1.87. The Hall–Kier alpha value is -3.20. The number of pyridine rings is 1. The molecule has 2 heterocycles. The Labute approximate surface area is 119 Å². The summed E-state index contributed by atoms with van der Waals surface area (Å²) in [5.74, 6) is 0.772. The first-order valence-corrected chi connectivity index (χ1v) is 6.18. The van der Waals surface area contributed by atoms with Crippen LogP contribution >= 0.6 is 0 Å². The monoisotopic (exact) mass is 278 g/mol. The summed E-state index contributed by atoms with van der Waals surface area (Å²) in [7, 11) is 1.66. The van der Waals surface area contributed by atoms with Gasteiger partial charge in [-0.15, -0.1) is 0 Å². The first-order valence-electron chi connectivity index (χ1n) is 6.18. The van der Waals surface area contributed by atoms with E-state index >= 15 is 0 Å². The van der Waals surface area contributed by atoms with Gasteiger partial charge in [-0.25, -0.2) is 0 Å². The summed E-state index contributed by atoms with van der Waals surface area (Å²) in [6.07, 6.45) is 1.65. The lowest BCUT2D eigenvalue weighted by Crippen LogP contribution is -2.14. The molecule has 0 aliphatic rings. The fourth-order valence-electron chi connectivity index (χ4n) is 1.87. The predicted octanol–water partition coefficient (Wildman–Crippen LogP) is 1.97. The summed E-state index contributed by atoms with van der Waals surface area (Å²) >= 11 is 0. The van der Waals surface area contributed by atoms with Crippen LogP contribution in [0.1, 0.15) is 5.56 Å². The summed E-state index contributed by atoms with van der Waals surface area (Å²) < 4.78 is 6.67. The van der Waals surface area contributed by atoms with Crippen molar-refractivity contribution in [3.63, 3.8) is 0 Å². The van der Waals surface area contributed by atoms with E-state index in [0.29, 0.717) is 22.8 Å². The molecular weight excluding hydrogens is 268 g/mol. The molecule has 0 atom stereocenters. The predicted molar refractivity (Wildman–Crippen MR) is 75.1 cm³/mol. The van der Waals surface area contributed by atoms with Crippen molar-refractivity contribution in [2.45, 2.75) is 0 Å². The van der Waals surface area contributed by atoms with Crippen LogP contribution in [0.2, 0.25) is 0 Å². The van der Waals surface area contributed by atoms with Gasteiger partial charge in [0.25, 0.3) is 5.89 Å². The number of aryl methyl sites for hydroxylation is 1. The lowest BCUT2D eigenvalue weighted by atomic mass is 10.1. The van der Waals surface area contributed by atoms with E-state index in [1.165, 1.54) is 10.6 Å². The Morgan fingerprint density at radius 2 is 1.86 bits per heavy atom. The maximum atomic E-state index is 11.4. The second-order valence-corrected chi connectivity index (χ2v) is 4.48. The minimum absolute atomic E-state index is 0.102. The van der Waals surface area contributed by atoms with Crippen LogP contribution in [-0.2, 0) is 7.05 Å². The summed E-state index contributed by atoms with van der Waals surface area (Å²) in [5.41, 5.74) is 1.89. The molecule has 0 radical (unpaired) electrons. The van der Waals surface area contributed by atoms with Gasteiger partial charge in [-0.3, -0.25) is 4.79 Å². The van der Waals surface area contributed by atoms with Crippen molar-refractivity contribution in [1.82, 2.24) is 14.7 Å². The van der Waals surface area contributed by atoms with Crippen molar-refractivity contribution >= 4 is 0 Å². The van der Waals surface area contributed by atoms with Crippen molar-refractivity contribution in [3.8, 4) is 28.9 Å². The minimum Gasteiger partial charge on any atom is -0.334 e. The van der Waals surface area contributed by atoms with Gasteiger partial charge in [0.05, 0.1) is 11.6 Å². The second kappa shape index (κ2) is 5.06. The van der Waals surface area contributed by atoms with Crippen LogP contribution in [0.4, 0.5) is 0 Å². The molecule has 6 nitrogen and oxygen atoms in total. The van der Waals surface area contributed by atoms with Crippen molar-refractivity contribution in [1.29, 1.82) is 5.26 Å². The van der Waals surface area contributed by atoms with E-state index in [2.05, 4.69) is 10.1 Å². The van der Waals surface area contributed by atoms with E-state index in [1.54, 1.807) is 43.6 Å². The molecule has 3 rings (SSSR count). The smallest absolute Gasteiger partial charge is 0.258 e. The average molecular weight is 278 g/mol. The van der Waals surface area contributed by atoms with Gasteiger partial charge in [0.1, 0.15) is 0 Å². The molecule has 0 spiro atoms. The number of nitriles is 1. The van der Waals surface area contributed by atoms with Gasteiger partial charge >= 0.3 is 0 Å². The highest BCUT2D eigenvalue weighted by atomic mass is 16.5. The maximum Gasteiger partial charge on any atom is 0.258 e. The number of hydrogen-bond acceptors (Lipinski definition) is 5. The van der Waals surface area contributed by atoms with Crippen LogP contribution in [0.5, 0.6) is 0 Å². The number of nitrogens with zero attached hydrogens (tertiary/aromatic N) is 4. The Morgan fingerprint density at radius 1 is 1.14 bits per heavy atom. The highest BCUT2D eigenvalue weighted by Gasteiger charge is 2.11. The fraction of sp³-hybridized carbons (Fsp3) is 0.0667.